The molecule has 1 N–H and O–H groups in total. The van der Waals surface area contributed by atoms with Gasteiger partial charge in [-0.15, -0.1) is 6.42 Å². The Morgan fingerprint density at radius 3 is 2.56 bits per heavy atom. The topological polar surface area (TPSA) is 38.3 Å². The van der Waals surface area contributed by atoms with E-state index in [0.29, 0.717) is 0 Å². The molecule has 0 aliphatic carbocycles. The number of benzene rings is 1. The molecule has 1 aromatic rings. The highest BCUT2D eigenvalue weighted by Gasteiger charge is 2.39. The summed E-state index contributed by atoms with van der Waals surface area (Å²) in [4.78, 5) is 11.6. The molecular formula is C15H17NO2. The Kier molecular flexibility index (Phi) is 3.57. The monoisotopic (exact) mass is 243 g/mol. The molecular weight excluding hydrogens is 226 g/mol. The molecule has 0 spiro atoms. The fourth-order valence-electron chi connectivity index (χ4n) is 2.33. The summed E-state index contributed by atoms with van der Waals surface area (Å²) in [5.41, 5.74) is 0.945. The van der Waals surface area contributed by atoms with Crippen molar-refractivity contribution < 1.29 is 9.53 Å². The second kappa shape index (κ2) is 5.14. The molecule has 1 aliphatic heterocycles. The molecule has 0 radical (unpaired) electrons. The highest BCUT2D eigenvalue weighted by Crippen LogP contribution is 2.33. The van der Waals surface area contributed by atoms with Crippen LogP contribution in [0.5, 0.6) is 0 Å². The van der Waals surface area contributed by atoms with Crippen LogP contribution in [0.2, 0.25) is 0 Å². The van der Waals surface area contributed by atoms with Crippen molar-refractivity contribution in [3.63, 3.8) is 0 Å². The summed E-state index contributed by atoms with van der Waals surface area (Å²) in [6.07, 6.45) is 4.87. The zero-order valence-electron chi connectivity index (χ0n) is 10.6. The average Bonchev–Trinajstić information content (AvgIpc) is 2.38. The molecule has 1 saturated heterocycles. The SMILES string of the molecule is C#C[C@H]1[C@@H](c2ccccc2)OC(=O)N[C@H]1C(C)C. The standard InChI is InChI=1S/C15H17NO2/c1-4-12-13(10(2)3)16-15(17)18-14(12)11-8-6-5-7-9-11/h1,5-10,12-14H,2-3H3,(H,16,17)/t12-,13+,14-/m1/s1. The molecule has 2 rings (SSSR count). The van der Waals surface area contributed by atoms with E-state index in [2.05, 4.69) is 11.2 Å². The van der Waals surface area contributed by atoms with Crippen LogP contribution in [0.25, 0.3) is 0 Å². The molecule has 1 amide bonds. The van der Waals surface area contributed by atoms with Crippen LogP contribution in [0.4, 0.5) is 4.79 Å². The van der Waals surface area contributed by atoms with E-state index in [-0.39, 0.29) is 24.0 Å². The van der Waals surface area contributed by atoms with E-state index < -0.39 is 6.09 Å². The van der Waals surface area contributed by atoms with Gasteiger partial charge in [0.15, 0.2) is 0 Å². The molecule has 94 valence electrons. The first-order valence-electron chi connectivity index (χ1n) is 6.11. The summed E-state index contributed by atoms with van der Waals surface area (Å²) in [5.74, 6) is 2.89. The highest BCUT2D eigenvalue weighted by atomic mass is 16.6. The number of alkyl carbamates (subject to hydrolysis) is 1. The number of ether oxygens (including phenoxy) is 1. The van der Waals surface area contributed by atoms with Gasteiger partial charge in [0.2, 0.25) is 0 Å². The molecule has 0 saturated carbocycles. The lowest BCUT2D eigenvalue weighted by Gasteiger charge is -2.37. The van der Waals surface area contributed by atoms with Gasteiger partial charge in [0.1, 0.15) is 6.10 Å². The minimum atomic E-state index is -0.394. The second-order valence-electron chi connectivity index (χ2n) is 4.84. The molecule has 18 heavy (non-hydrogen) atoms. The van der Waals surface area contributed by atoms with Gasteiger partial charge >= 0.3 is 6.09 Å². The lowest BCUT2D eigenvalue weighted by atomic mass is 9.83. The summed E-state index contributed by atoms with van der Waals surface area (Å²) in [6.45, 7) is 4.09. The summed E-state index contributed by atoms with van der Waals surface area (Å²) >= 11 is 0. The number of amides is 1. The van der Waals surface area contributed by atoms with Crippen molar-refractivity contribution in [2.45, 2.75) is 26.0 Å². The van der Waals surface area contributed by atoms with Gasteiger partial charge in [0, 0.05) is 0 Å². The van der Waals surface area contributed by atoms with Crippen LogP contribution in [-0.4, -0.2) is 12.1 Å². The Morgan fingerprint density at radius 1 is 1.33 bits per heavy atom. The Balaban J connectivity index is 2.33. The van der Waals surface area contributed by atoms with E-state index in [0.717, 1.165) is 5.56 Å². The molecule has 1 aliphatic rings. The van der Waals surface area contributed by atoms with E-state index in [9.17, 15) is 4.79 Å². The minimum Gasteiger partial charge on any atom is -0.440 e. The van der Waals surface area contributed by atoms with E-state index in [1.807, 2.05) is 44.2 Å². The van der Waals surface area contributed by atoms with Gasteiger partial charge in [-0.2, -0.15) is 0 Å². The van der Waals surface area contributed by atoms with E-state index in [1.54, 1.807) is 0 Å². The van der Waals surface area contributed by atoms with Crippen LogP contribution >= 0.6 is 0 Å². The fourth-order valence-corrected chi connectivity index (χ4v) is 2.33. The number of rotatable bonds is 2. The summed E-state index contributed by atoms with van der Waals surface area (Å²) in [6, 6.07) is 9.58. The number of cyclic esters (lactones) is 1. The molecule has 3 heteroatoms. The van der Waals surface area contributed by atoms with Crippen molar-refractivity contribution in [2.24, 2.45) is 11.8 Å². The Labute approximate surface area is 108 Å². The summed E-state index contributed by atoms with van der Waals surface area (Å²) < 4.78 is 5.36. The maximum absolute atomic E-state index is 11.6. The molecule has 1 heterocycles. The number of carbonyl (C=O) groups is 1. The molecule has 3 nitrogen and oxygen atoms in total. The predicted octanol–water partition coefficient (Wildman–Crippen LogP) is 2.74. The van der Waals surface area contributed by atoms with E-state index >= 15 is 0 Å². The number of nitrogens with one attached hydrogen (secondary N) is 1. The number of terminal acetylenes is 1. The average molecular weight is 243 g/mol. The van der Waals surface area contributed by atoms with Gasteiger partial charge < -0.3 is 10.1 Å². The first-order chi connectivity index (χ1) is 8.63. The predicted molar refractivity (Wildman–Crippen MR) is 69.7 cm³/mol. The summed E-state index contributed by atoms with van der Waals surface area (Å²) in [5, 5.41) is 2.81. The Hall–Kier alpha value is -1.95. The lowest BCUT2D eigenvalue weighted by Crippen LogP contribution is -2.51. The first-order valence-corrected chi connectivity index (χ1v) is 6.11. The van der Waals surface area contributed by atoms with Crippen LogP contribution in [0.3, 0.4) is 0 Å². The van der Waals surface area contributed by atoms with Crippen molar-refractivity contribution in [3.8, 4) is 12.3 Å². The van der Waals surface area contributed by atoms with Crippen molar-refractivity contribution in [3.05, 3.63) is 35.9 Å². The van der Waals surface area contributed by atoms with Crippen LogP contribution in [0.15, 0.2) is 30.3 Å². The Morgan fingerprint density at radius 2 is 2.00 bits per heavy atom. The molecule has 0 bridgehead atoms. The third-order valence-corrected chi connectivity index (χ3v) is 3.27. The Bertz CT molecular complexity index is 461. The van der Waals surface area contributed by atoms with E-state index in [4.69, 9.17) is 11.2 Å². The van der Waals surface area contributed by atoms with Gasteiger partial charge in [-0.25, -0.2) is 4.79 Å². The van der Waals surface area contributed by atoms with Crippen LogP contribution in [-0.2, 0) is 4.74 Å². The van der Waals surface area contributed by atoms with Gasteiger partial charge in [-0.3, -0.25) is 0 Å². The van der Waals surface area contributed by atoms with Crippen molar-refractivity contribution >= 4 is 6.09 Å². The van der Waals surface area contributed by atoms with Crippen molar-refractivity contribution in [1.29, 1.82) is 0 Å². The van der Waals surface area contributed by atoms with Gasteiger partial charge in [0.25, 0.3) is 0 Å². The third-order valence-electron chi connectivity index (χ3n) is 3.27. The zero-order chi connectivity index (χ0) is 13.1. The summed E-state index contributed by atoms with van der Waals surface area (Å²) in [7, 11) is 0. The first kappa shape index (κ1) is 12.5. The normalized spacial score (nSPS) is 27.2. The highest BCUT2D eigenvalue weighted by molar-refractivity contribution is 5.69. The molecule has 1 fully saturated rings. The zero-order valence-corrected chi connectivity index (χ0v) is 10.6. The number of hydrogen-bond donors (Lipinski definition) is 1. The second-order valence-corrected chi connectivity index (χ2v) is 4.84. The largest absolute Gasteiger partial charge is 0.440 e. The van der Waals surface area contributed by atoms with Crippen LogP contribution in [0.1, 0.15) is 25.5 Å². The maximum atomic E-state index is 11.6. The third kappa shape index (κ3) is 2.33. The van der Waals surface area contributed by atoms with Gasteiger partial charge in [-0.05, 0) is 11.5 Å². The number of hydrogen-bond acceptors (Lipinski definition) is 2. The van der Waals surface area contributed by atoms with Crippen LogP contribution < -0.4 is 5.32 Å². The molecule has 0 unspecified atom stereocenters. The molecule has 1 aromatic carbocycles. The minimum absolute atomic E-state index is 0.0542. The van der Waals surface area contributed by atoms with Crippen molar-refractivity contribution in [1.82, 2.24) is 5.32 Å². The van der Waals surface area contributed by atoms with Crippen LogP contribution in [0, 0.1) is 24.2 Å². The molecule has 0 aromatic heterocycles. The quantitative estimate of drug-likeness (QED) is 0.811. The lowest BCUT2D eigenvalue weighted by molar-refractivity contribution is 0.0251. The smallest absolute Gasteiger partial charge is 0.408 e. The maximum Gasteiger partial charge on any atom is 0.408 e. The van der Waals surface area contributed by atoms with Gasteiger partial charge in [0.05, 0.1) is 12.0 Å². The number of carbonyl (C=O) groups excluding carboxylic acids is 1. The van der Waals surface area contributed by atoms with E-state index in [1.165, 1.54) is 0 Å². The van der Waals surface area contributed by atoms with Crippen molar-refractivity contribution in [2.75, 3.05) is 0 Å². The fraction of sp³-hybridized carbons (Fsp3) is 0.400. The van der Waals surface area contributed by atoms with Gasteiger partial charge in [-0.1, -0.05) is 50.1 Å². The molecule has 3 atom stereocenters.